The maximum atomic E-state index is 13.1. The normalized spacial score (nSPS) is 14.9. The van der Waals surface area contributed by atoms with Crippen LogP contribution in [0.3, 0.4) is 0 Å². The van der Waals surface area contributed by atoms with Crippen molar-refractivity contribution in [3.05, 3.63) is 70.8 Å². The van der Waals surface area contributed by atoms with Crippen LogP contribution >= 0.6 is 22.9 Å². The average molecular weight is 487 g/mol. The molecule has 10 heteroatoms. The summed E-state index contributed by atoms with van der Waals surface area (Å²) in [5.41, 5.74) is 1.46. The molecule has 7 nitrogen and oxygen atoms in total. The van der Waals surface area contributed by atoms with Crippen molar-refractivity contribution in [3.8, 4) is 5.75 Å². The van der Waals surface area contributed by atoms with E-state index in [9.17, 15) is 13.2 Å². The van der Waals surface area contributed by atoms with Gasteiger partial charge in [-0.1, -0.05) is 35.1 Å². The minimum absolute atomic E-state index is 0.248. The largest absolute Gasteiger partial charge is 0.476 e. The number of H-pyrrole nitrogens is 1. The summed E-state index contributed by atoms with van der Waals surface area (Å²) in [4.78, 5) is 20.4. The smallest absolute Gasteiger partial charge is 0.271 e. The van der Waals surface area contributed by atoms with Crippen LogP contribution in [0.25, 0.3) is 10.9 Å². The van der Waals surface area contributed by atoms with Crippen LogP contribution in [-0.4, -0.2) is 29.5 Å². The Hall–Kier alpha value is -2.88. The number of rotatable bonds is 7. The minimum Gasteiger partial charge on any atom is -0.476 e. The number of thiazole rings is 1. The van der Waals surface area contributed by atoms with E-state index in [2.05, 4.69) is 21.5 Å². The van der Waals surface area contributed by atoms with Gasteiger partial charge in [0.2, 0.25) is 6.10 Å². The van der Waals surface area contributed by atoms with Gasteiger partial charge in [0.25, 0.3) is 5.91 Å². The van der Waals surface area contributed by atoms with Crippen LogP contribution in [0.15, 0.2) is 59.6 Å². The van der Waals surface area contributed by atoms with Gasteiger partial charge in [-0.2, -0.15) is 0 Å². The molecule has 1 aliphatic rings. The Bertz CT molecular complexity index is 1390. The third kappa shape index (κ3) is 4.23. The second-order valence-corrected chi connectivity index (χ2v) is 11.3. The Morgan fingerprint density at radius 2 is 2.00 bits per heavy atom. The number of hydrogen-bond acceptors (Lipinski definition) is 6. The molecule has 4 aromatic rings. The van der Waals surface area contributed by atoms with Crippen molar-refractivity contribution in [1.29, 1.82) is 0 Å². The first-order chi connectivity index (χ1) is 15.4. The second kappa shape index (κ2) is 8.23. The van der Waals surface area contributed by atoms with Crippen LogP contribution < -0.4 is 10.1 Å². The molecule has 1 fully saturated rings. The zero-order chi connectivity index (χ0) is 22.3. The van der Waals surface area contributed by atoms with Crippen LogP contribution in [0, 0.1) is 6.20 Å². The summed E-state index contributed by atoms with van der Waals surface area (Å²) in [5.74, 6) is 0.0343. The Morgan fingerprint density at radius 3 is 2.69 bits per heavy atom. The van der Waals surface area contributed by atoms with Crippen LogP contribution in [-0.2, 0) is 14.6 Å². The fourth-order valence-electron chi connectivity index (χ4n) is 3.37. The number of nitrogens with one attached hydrogen (secondary N) is 2. The van der Waals surface area contributed by atoms with Gasteiger partial charge < -0.3 is 9.72 Å². The predicted octanol–water partition coefficient (Wildman–Crippen LogP) is 4.77. The fourth-order valence-corrected chi connectivity index (χ4v) is 5.79. The number of aromatic nitrogens is 2. The summed E-state index contributed by atoms with van der Waals surface area (Å²) in [5, 5.41) is 3.62. The van der Waals surface area contributed by atoms with Crippen molar-refractivity contribution in [1.82, 2.24) is 9.97 Å². The quantitative estimate of drug-likeness (QED) is 0.391. The van der Waals surface area contributed by atoms with E-state index in [0.717, 1.165) is 22.2 Å². The standard InChI is InChI=1S/C22H17ClN3O4S2/c23-19-12-25-22(31-19)26-21(27)20(30-15-3-8-18-14(11-15)9-10-24-18)13-1-4-16(5-2-13)32(28,29)17-6-7-17/h1-5,8-11,17,20,24H,6-7H2,(H,25,26,27). The van der Waals surface area contributed by atoms with Crippen LogP contribution in [0.5, 0.6) is 5.75 Å². The molecule has 1 saturated carbocycles. The number of anilines is 1. The zero-order valence-corrected chi connectivity index (χ0v) is 18.9. The summed E-state index contributed by atoms with van der Waals surface area (Å²) in [6.45, 7) is 0. The van der Waals surface area contributed by atoms with Crippen molar-refractivity contribution >= 4 is 54.7 Å². The lowest BCUT2D eigenvalue weighted by Crippen LogP contribution is -2.25. The van der Waals surface area contributed by atoms with Crippen molar-refractivity contribution in [2.24, 2.45) is 0 Å². The monoisotopic (exact) mass is 486 g/mol. The Balaban J connectivity index is 1.45. The molecule has 1 atom stereocenters. The highest BCUT2D eigenvalue weighted by Crippen LogP contribution is 2.34. The number of halogens is 1. The van der Waals surface area contributed by atoms with Gasteiger partial charge in [0.05, 0.1) is 10.1 Å². The Kier molecular flexibility index (Phi) is 5.40. The SMILES string of the molecule is O=C(Nc1n[c]c(Cl)s1)C(Oc1ccc2[nH]ccc2c1)c1ccc(S(=O)(=O)C2CC2)cc1. The molecular weight excluding hydrogens is 470 g/mol. The van der Waals surface area contributed by atoms with Crippen molar-refractivity contribution in [2.45, 2.75) is 29.1 Å². The van der Waals surface area contributed by atoms with Gasteiger partial charge in [-0.05, 0) is 49.2 Å². The molecule has 0 saturated heterocycles. The van der Waals surface area contributed by atoms with Gasteiger partial charge >= 0.3 is 0 Å². The van der Waals surface area contributed by atoms with Crippen molar-refractivity contribution in [3.63, 3.8) is 0 Å². The summed E-state index contributed by atoms with van der Waals surface area (Å²) in [7, 11) is -3.32. The van der Waals surface area contributed by atoms with Gasteiger partial charge in [-0.3, -0.25) is 10.1 Å². The van der Waals surface area contributed by atoms with Crippen LogP contribution in [0.4, 0.5) is 5.13 Å². The highest BCUT2D eigenvalue weighted by molar-refractivity contribution is 7.92. The van der Waals surface area contributed by atoms with Gasteiger partial charge in [0.15, 0.2) is 15.0 Å². The van der Waals surface area contributed by atoms with E-state index in [-0.39, 0.29) is 10.1 Å². The number of fused-ring (bicyclic) bond motifs is 1. The molecule has 2 aromatic heterocycles. The molecule has 1 unspecified atom stereocenters. The zero-order valence-electron chi connectivity index (χ0n) is 16.5. The number of carbonyl (C=O) groups is 1. The lowest BCUT2D eigenvalue weighted by molar-refractivity contribution is -0.123. The topological polar surface area (TPSA) is 101 Å². The molecule has 2 heterocycles. The van der Waals surface area contributed by atoms with Crippen LogP contribution in [0.2, 0.25) is 4.34 Å². The molecule has 1 aliphatic carbocycles. The van der Waals surface area contributed by atoms with Crippen molar-refractivity contribution < 1.29 is 17.9 Å². The number of ether oxygens (including phenoxy) is 1. The molecule has 2 aromatic carbocycles. The summed E-state index contributed by atoms with van der Waals surface area (Å²) < 4.78 is 31.4. The third-order valence-corrected chi connectivity index (χ3v) is 8.40. The lowest BCUT2D eigenvalue weighted by atomic mass is 10.1. The highest BCUT2D eigenvalue weighted by atomic mass is 35.5. The number of nitrogens with zero attached hydrogens (tertiary/aromatic N) is 1. The van der Waals surface area contributed by atoms with E-state index in [0.29, 0.717) is 33.6 Å². The minimum atomic E-state index is -3.32. The third-order valence-electron chi connectivity index (χ3n) is 5.15. The maximum absolute atomic E-state index is 13.1. The summed E-state index contributed by atoms with van der Waals surface area (Å²) in [6, 6.07) is 13.6. The van der Waals surface area contributed by atoms with Gasteiger partial charge in [-0.15, -0.1) is 0 Å². The number of benzene rings is 2. The van der Waals surface area contributed by atoms with Gasteiger partial charge in [0.1, 0.15) is 16.3 Å². The van der Waals surface area contributed by atoms with Crippen molar-refractivity contribution in [2.75, 3.05) is 5.32 Å². The number of aromatic amines is 1. The number of sulfone groups is 1. The first kappa shape index (κ1) is 21.0. The Labute approximate surface area is 193 Å². The molecule has 2 N–H and O–H groups in total. The molecule has 1 amide bonds. The summed E-state index contributed by atoms with van der Waals surface area (Å²) >= 11 is 6.95. The van der Waals surface area contributed by atoms with E-state index < -0.39 is 21.8 Å². The summed E-state index contributed by atoms with van der Waals surface area (Å²) in [6.07, 6.45) is 4.73. The molecule has 5 rings (SSSR count). The number of hydrogen-bond donors (Lipinski definition) is 2. The molecular formula is C22H17ClN3O4S2. The van der Waals surface area contributed by atoms with E-state index >= 15 is 0 Å². The van der Waals surface area contributed by atoms with Gasteiger partial charge in [-0.25, -0.2) is 13.4 Å². The molecule has 0 spiro atoms. The first-order valence-electron chi connectivity index (χ1n) is 9.83. The molecule has 0 bridgehead atoms. The first-order valence-corrected chi connectivity index (χ1v) is 12.6. The van der Waals surface area contributed by atoms with E-state index in [1.807, 2.05) is 24.4 Å². The lowest BCUT2D eigenvalue weighted by Gasteiger charge is -2.19. The number of amides is 1. The van der Waals surface area contributed by atoms with E-state index in [4.69, 9.17) is 16.3 Å². The van der Waals surface area contributed by atoms with Crippen LogP contribution in [0.1, 0.15) is 24.5 Å². The van der Waals surface area contributed by atoms with E-state index in [1.54, 1.807) is 18.2 Å². The Morgan fingerprint density at radius 1 is 1.22 bits per heavy atom. The molecule has 163 valence electrons. The fraction of sp³-hybridized carbons (Fsp3) is 0.182. The van der Waals surface area contributed by atoms with E-state index in [1.165, 1.54) is 12.1 Å². The molecule has 0 aliphatic heterocycles. The van der Waals surface area contributed by atoms with Gasteiger partial charge in [0, 0.05) is 22.7 Å². The highest BCUT2D eigenvalue weighted by Gasteiger charge is 2.37. The predicted molar refractivity (Wildman–Crippen MR) is 123 cm³/mol. The number of carbonyl (C=O) groups excluding carboxylic acids is 1. The molecule has 1 radical (unpaired) electrons. The average Bonchev–Trinajstić information content (AvgIpc) is 3.42. The second-order valence-electron chi connectivity index (χ2n) is 7.43. The maximum Gasteiger partial charge on any atom is 0.271 e. The molecule has 32 heavy (non-hydrogen) atoms.